The van der Waals surface area contributed by atoms with Gasteiger partial charge < -0.3 is 41.7 Å². The van der Waals surface area contributed by atoms with Crippen LogP contribution in [0.3, 0.4) is 0 Å². The molecule has 8 atom stereocenters. The molecule has 14 heteroatoms. The minimum Gasteiger partial charge on any atom is -0.347 e. The monoisotopic (exact) mass is 911 g/mol. The van der Waals surface area contributed by atoms with Crippen molar-refractivity contribution in [3.05, 3.63) is 70.8 Å². The lowest BCUT2D eigenvalue weighted by molar-refractivity contribution is -0.142. The Bertz CT molecular complexity index is 1820. The van der Waals surface area contributed by atoms with E-state index in [1.807, 2.05) is 38.1 Å². The van der Waals surface area contributed by atoms with Crippen molar-refractivity contribution in [3.63, 3.8) is 0 Å². The average molecular weight is 911 g/mol. The van der Waals surface area contributed by atoms with Crippen molar-refractivity contribution in [1.29, 1.82) is 0 Å². The molecule has 0 radical (unpaired) electrons. The molecule has 0 bridgehead atoms. The Hall–Kier alpha value is -4.82. The van der Waals surface area contributed by atoms with Crippen molar-refractivity contribution in [2.45, 2.75) is 191 Å². The highest BCUT2D eigenvalue weighted by molar-refractivity contribution is 5.94. The van der Waals surface area contributed by atoms with E-state index in [1.165, 1.54) is 11.1 Å². The van der Waals surface area contributed by atoms with Crippen molar-refractivity contribution in [3.8, 4) is 0 Å². The van der Waals surface area contributed by atoms with Gasteiger partial charge in [-0.05, 0) is 126 Å². The van der Waals surface area contributed by atoms with Gasteiger partial charge in [0.2, 0.25) is 35.4 Å². The summed E-state index contributed by atoms with van der Waals surface area (Å²) in [6.07, 6.45) is 14.7. The van der Waals surface area contributed by atoms with Crippen LogP contribution in [0.1, 0.15) is 164 Å². The van der Waals surface area contributed by atoms with Gasteiger partial charge in [0.25, 0.3) is 0 Å². The van der Waals surface area contributed by atoms with Gasteiger partial charge in [0.1, 0.15) is 24.2 Å². The SMILES string of the molecule is CCC[C@H](NC)C(=O)N[C@@H](CCCCCC[C@H](NC(=O)[C@H](CCC)NC)C(=O)N1CCC[C@H]1C(=O)NC1CCCc2ccccc21)C(=O)N1CCC[C@H]1C(=O)NC1CCCc2ccccc21. The van der Waals surface area contributed by atoms with Gasteiger partial charge in [0.05, 0.1) is 24.2 Å². The maximum atomic E-state index is 14.4. The van der Waals surface area contributed by atoms with E-state index in [0.29, 0.717) is 77.3 Å². The molecule has 2 aromatic carbocycles. The van der Waals surface area contributed by atoms with Crippen LogP contribution in [-0.4, -0.2) is 109 Å². The number of aryl methyl sites for hydroxylation is 2. The number of hydrogen-bond acceptors (Lipinski definition) is 8. The smallest absolute Gasteiger partial charge is 0.245 e. The molecule has 2 fully saturated rings. The summed E-state index contributed by atoms with van der Waals surface area (Å²) < 4.78 is 0. The van der Waals surface area contributed by atoms with E-state index in [9.17, 15) is 28.8 Å². The maximum Gasteiger partial charge on any atom is 0.245 e. The molecule has 4 aliphatic rings. The number of nitrogens with one attached hydrogen (secondary N) is 6. The molecule has 66 heavy (non-hydrogen) atoms. The molecular formula is C52H78N8O6. The van der Waals surface area contributed by atoms with Gasteiger partial charge in [-0.1, -0.05) is 101 Å². The summed E-state index contributed by atoms with van der Waals surface area (Å²) in [5.41, 5.74) is 4.80. The summed E-state index contributed by atoms with van der Waals surface area (Å²) in [5.74, 6) is -1.20. The number of hydrogen-bond donors (Lipinski definition) is 6. The summed E-state index contributed by atoms with van der Waals surface area (Å²) in [7, 11) is 3.50. The molecular weight excluding hydrogens is 833 g/mol. The molecule has 0 spiro atoms. The highest BCUT2D eigenvalue weighted by atomic mass is 16.2. The Morgan fingerprint density at radius 1 is 0.530 bits per heavy atom. The molecule has 0 aromatic heterocycles. The molecule has 6 N–H and O–H groups in total. The number of unbranched alkanes of at least 4 members (excludes halogenated alkanes) is 3. The molecule has 2 heterocycles. The largest absolute Gasteiger partial charge is 0.347 e. The van der Waals surface area contributed by atoms with Gasteiger partial charge >= 0.3 is 0 Å². The number of benzene rings is 2. The van der Waals surface area contributed by atoms with Crippen LogP contribution >= 0.6 is 0 Å². The first-order valence-electron chi connectivity index (χ1n) is 25.4. The quantitative estimate of drug-likeness (QED) is 0.0798. The van der Waals surface area contributed by atoms with Gasteiger partial charge in [-0.2, -0.15) is 0 Å². The Labute approximate surface area is 393 Å². The number of likely N-dealkylation sites (N-methyl/N-ethyl adjacent to an activating group) is 2. The lowest BCUT2D eigenvalue weighted by Gasteiger charge is -2.32. The van der Waals surface area contributed by atoms with Crippen LogP contribution in [0.2, 0.25) is 0 Å². The molecule has 2 aliphatic heterocycles. The number of carbonyl (C=O) groups is 6. The Balaban J connectivity index is 1.08. The van der Waals surface area contributed by atoms with Crippen LogP contribution in [0.25, 0.3) is 0 Å². The zero-order chi connectivity index (χ0) is 47.0. The molecule has 2 aliphatic carbocycles. The summed E-state index contributed by atoms with van der Waals surface area (Å²) >= 11 is 0. The molecule has 6 amide bonds. The fourth-order valence-corrected chi connectivity index (χ4v) is 10.9. The minimum atomic E-state index is -0.792. The fraction of sp³-hybridized carbons (Fsp3) is 0.654. The molecule has 6 rings (SSSR count). The molecule has 362 valence electrons. The third-order valence-electron chi connectivity index (χ3n) is 14.5. The van der Waals surface area contributed by atoms with Gasteiger partial charge in [0, 0.05) is 13.1 Å². The predicted molar refractivity (Wildman–Crippen MR) is 257 cm³/mol. The van der Waals surface area contributed by atoms with Gasteiger partial charge in [-0.15, -0.1) is 0 Å². The summed E-state index contributed by atoms with van der Waals surface area (Å²) in [6, 6.07) is 12.6. The van der Waals surface area contributed by atoms with Crippen LogP contribution in [0, 0.1) is 0 Å². The van der Waals surface area contributed by atoms with Crippen molar-refractivity contribution >= 4 is 35.4 Å². The lowest BCUT2D eigenvalue weighted by Crippen LogP contribution is -2.56. The van der Waals surface area contributed by atoms with E-state index >= 15 is 0 Å². The van der Waals surface area contributed by atoms with Crippen molar-refractivity contribution in [2.75, 3.05) is 27.2 Å². The second-order valence-electron chi connectivity index (χ2n) is 19.1. The third-order valence-corrected chi connectivity index (χ3v) is 14.5. The highest BCUT2D eigenvalue weighted by Crippen LogP contribution is 2.32. The van der Waals surface area contributed by atoms with Gasteiger partial charge in [-0.25, -0.2) is 0 Å². The van der Waals surface area contributed by atoms with E-state index in [2.05, 4.69) is 56.2 Å². The fourth-order valence-electron chi connectivity index (χ4n) is 10.9. The van der Waals surface area contributed by atoms with Crippen LogP contribution in [0.15, 0.2) is 48.5 Å². The van der Waals surface area contributed by atoms with E-state index in [4.69, 9.17) is 0 Å². The minimum absolute atomic E-state index is 0.0912. The van der Waals surface area contributed by atoms with Crippen LogP contribution in [0.5, 0.6) is 0 Å². The zero-order valence-corrected chi connectivity index (χ0v) is 40.1. The van der Waals surface area contributed by atoms with Crippen LogP contribution in [-0.2, 0) is 41.6 Å². The van der Waals surface area contributed by atoms with Gasteiger partial charge in [0.15, 0.2) is 0 Å². The topological polar surface area (TPSA) is 181 Å². The van der Waals surface area contributed by atoms with Gasteiger partial charge in [-0.3, -0.25) is 28.8 Å². The van der Waals surface area contributed by atoms with E-state index in [-0.39, 0.29) is 47.5 Å². The Morgan fingerprint density at radius 3 is 1.33 bits per heavy atom. The number of rotatable bonds is 23. The number of likely N-dealkylation sites (tertiary alicyclic amines) is 2. The van der Waals surface area contributed by atoms with Crippen molar-refractivity contribution < 1.29 is 28.8 Å². The summed E-state index contributed by atoms with van der Waals surface area (Å²) in [4.78, 5) is 87.1. The number of carbonyl (C=O) groups excluding carboxylic acids is 6. The van der Waals surface area contributed by atoms with E-state index < -0.39 is 36.3 Å². The molecule has 2 unspecified atom stereocenters. The summed E-state index contributed by atoms with van der Waals surface area (Å²) in [5, 5.41) is 18.9. The number of nitrogens with zero attached hydrogens (tertiary/aromatic N) is 2. The van der Waals surface area contributed by atoms with E-state index in [0.717, 1.165) is 75.3 Å². The first kappa shape index (κ1) is 50.6. The molecule has 14 nitrogen and oxygen atoms in total. The lowest BCUT2D eigenvalue weighted by atomic mass is 9.87. The Morgan fingerprint density at radius 2 is 0.939 bits per heavy atom. The molecule has 0 saturated carbocycles. The van der Waals surface area contributed by atoms with Crippen LogP contribution < -0.4 is 31.9 Å². The Kier molecular flexibility index (Phi) is 19.4. The molecule has 2 saturated heterocycles. The number of amides is 6. The van der Waals surface area contributed by atoms with Crippen molar-refractivity contribution in [1.82, 2.24) is 41.7 Å². The highest BCUT2D eigenvalue weighted by Gasteiger charge is 2.41. The zero-order valence-electron chi connectivity index (χ0n) is 40.1. The normalized spacial score (nSPS) is 22.0. The summed E-state index contributed by atoms with van der Waals surface area (Å²) in [6.45, 7) is 4.95. The van der Waals surface area contributed by atoms with Crippen molar-refractivity contribution in [2.24, 2.45) is 0 Å². The van der Waals surface area contributed by atoms with Crippen LogP contribution in [0.4, 0.5) is 0 Å². The molecule has 2 aromatic rings. The first-order chi connectivity index (χ1) is 32.1. The predicted octanol–water partition coefficient (Wildman–Crippen LogP) is 5.44. The second kappa shape index (κ2) is 25.4. The van der Waals surface area contributed by atoms with E-state index in [1.54, 1.807) is 23.9 Å². The third kappa shape index (κ3) is 13.0. The maximum absolute atomic E-state index is 14.4. The number of fused-ring (bicyclic) bond motifs is 2. The average Bonchev–Trinajstić information content (AvgIpc) is 4.04. The first-order valence-corrected chi connectivity index (χ1v) is 25.4. The standard InChI is InChI=1S/C52H78N8O6/c1-5-19-41(53-3)47(61)57-43(51(65)59-33-17-31-45(59)49(63)55-39-29-15-23-35-21-11-13-25-37(35)39)27-9-7-8-10-28-44(58-48(62)42(54-4)20-6-2)52(66)60-34-18-32-46(60)50(64)56-40-30-16-24-36-22-12-14-26-38(36)40/h11-14,21-22,25-26,39-46,53-54H,5-10,15-20,23-24,27-34H2,1-4H3,(H,55,63)(H,56,64)(H,57,61)(H,58,62)/t39?,40?,41-,42-,43-,44-,45-,46-/m0/s1. The second-order valence-corrected chi connectivity index (χ2v) is 19.1.